The molecule has 11 rings (SSSR count). The molecule has 11 aromatic carbocycles. The summed E-state index contributed by atoms with van der Waals surface area (Å²) in [6.07, 6.45) is 19.9. The third-order valence-electron chi connectivity index (χ3n) is 20.1. The summed E-state index contributed by atoms with van der Waals surface area (Å²) in [5.74, 6) is -3.88. The smallest absolute Gasteiger partial charge is 0.330 e. The number of aliphatic carboxylic acids is 1. The van der Waals surface area contributed by atoms with Gasteiger partial charge in [0.15, 0.2) is 0 Å². The number of aryl methyl sites for hydroxylation is 5. The van der Waals surface area contributed by atoms with E-state index in [1.54, 1.807) is 41.9 Å². The van der Waals surface area contributed by atoms with Gasteiger partial charge in [-0.2, -0.15) is 0 Å². The molecule has 0 heterocycles. The molecule has 0 unspecified atom stereocenters. The number of ether oxygens (including phenoxy) is 6. The van der Waals surface area contributed by atoms with Gasteiger partial charge in [0, 0.05) is 133 Å². The number of hydrogen-bond acceptors (Lipinski definition) is 22. The van der Waals surface area contributed by atoms with Crippen molar-refractivity contribution in [3.63, 3.8) is 0 Å². The summed E-state index contributed by atoms with van der Waals surface area (Å²) in [5, 5.41) is 33.5. The Morgan fingerprint density at radius 1 is 0.306 bits per heavy atom. The number of esters is 6. The van der Waals surface area contributed by atoms with Crippen LogP contribution in [0.1, 0.15) is 168 Å². The first-order valence-corrected chi connectivity index (χ1v) is 49.6. The third kappa shape index (κ3) is 52.6. The molecule has 0 saturated carbocycles. The fraction of sp³-hybridized carbons (Fsp3) is 0.252. The Bertz CT molecular complexity index is 5750. The number of halogens is 3. The van der Waals surface area contributed by atoms with Crippen molar-refractivity contribution >= 4 is 166 Å². The number of benzene rings is 11. The topological polar surface area (TPSA) is 405 Å². The zero-order valence-corrected chi connectivity index (χ0v) is 87.7. The van der Waals surface area contributed by atoms with Crippen LogP contribution in [0.25, 0.3) is 30.4 Å². The predicted octanol–water partition coefficient (Wildman–Crippen LogP) is 22.2. The second-order valence-electron chi connectivity index (χ2n) is 33.9. The van der Waals surface area contributed by atoms with Gasteiger partial charge in [-0.15, -0.1) is 0 Å². The number of hydrogen-bond donors (Lipinski definition) is 10. The Morgan fingerprint density at radius 3 is 0.792 bits per heavy atom. The summed E-state index contributed by atoms with van der Waals surface area (Å²) in [6, 6.07) is 86.6. The zero-order chi connectivity index (χ0) is 105. The molecule has 0 fully saturated rings. The molecular weight excluding hydrogens is 2020 g/mol. The van der Waals surface area contributed by atoms with Crippen molar-refractivity contribution in [3.8, 4) is 0 Å². The molecule has 29 heteroatoms. The lowest BCUT2D eigenvalue weighted by molar-refractivity contribution is -0.155. The minimum atomic E-state index is -0.796. The Hall–Kier alpha value is -14.8. The van der Waals surface area contributed by atoms with Crippen molar-refractivity contribution in [2.75, 3.05) is 55.4 Å². The van der Waals surface area contributed by atoms with E-state index < -0.39 is 41.0 Å². The molecule has 144 heavy (non-hydrogen) atoms. The fourth-order valence-corrected chi connectivity index (χ4v) is 14.1. The van der Waals surface area contributed by atoms with E-state index in [0.29, 0.717) is 83.2 Å². The number of nitrogens with two attached hydrogens (primary N) is 3. The number of rotatable bonds is 40. The largest absolute Gasteiger partial charge is 0.481 e. The molecule has 0 aromatic heterocycles. The van der Waals surface area contributed by atoms with Gasteiger partial charge in [-0.3, -0.25) is 34.0 Å². The monoisotopic (exact) mass is 2150 g/mol. The maximum atomic E-state index is 11.9. The summed E-state index contributed by atoms with van der Waals surface area (Å²) in [6.45, 7) is 13.7. The lowest BCUT2D eigenvalue weighted by atomic mass is 10.1. The Kier molecular flexibility index (Phi) is 56.2. The van der Waals surface area contributed by atoms with Crippen LogP contribution in [0, 0.1) is 0 Å². The highest BCUT2D eigenvalue weighted by Crippen LogP contribution is 2.26. The van der Waals surface area contributed by atoms with Gasteiger partial charge in [0.2, 0.25) is 11.8 Å². The van der Waals surface area contributed by atoms with Crippen molar-refractivity contribution in [1.29, 1.82) is 0 Å². The summed E-state index contributed by atoms with van der Waals surface area (Å²) < 4.78 is 28.9. The predicted molar refractivity (Wildman–Crippen MR) is 585 cm³/mol. The van der Waals surface area contributed by atoms with Gasteiger partial charge in [-0.25, -0.2) is 24.7 Å². The number of methoxy groups -OCH3 is 4. The minimum absolute atomic E-state index is 0.123. The highest BCUT2D eigenvalue weighted by molar-refractivity contribution is 9.09. The first kappa shape index (κ1) is 120. The van der Waals surface area contributed by atoms with Crippen LogP contribution in [0.15, 0.2) is 297 Å². The number of carbonyl (C=O) groups is 10. The molecule has 0 saturated heterocycles. The minimum Gasteiger partial charge on any atom is -0.481 e. The molecule has 0 aliphatic carbocycles. The van der Waals surface area contributed by atoms with Crippen LogP contribution < -0.4 is 43.9 Å². The summed E-state index contributed by atoms with van der Waals surface area (Å²) >= 11 is 10.2. The van der Waals surface area contributed by atoms with Crippen molar-refractivity contribution in [3.05, 3.63) is 392 Å². The molecule has 0 atom stereocenters. The highest BCUT2D eigenvalue weighted by atomic mass is 79.9. The number of carboxylic acid groups (broad SMARTS) is 1. The van der Waals surface area contributed by atoms with E-state index in [4.69, 9.17) is 37.0 Å². The normalized spacial score (nSPS) is 10.7. The van der Waals surface area contributed by atoms with Gasteiger partial charge in [0.25, 0.3) is 5.91 Å². The van der Waals surface area contributed by atoms with Gasteiger partial charge >= 0.3 is 41.8 Å². The second-order valence-corrected chi connectivity index (χ2v) is 35.6. The van der Waals surface area contributed by atoms with Crippen LogP contribution in [0.3, 0.4) is 0 Å². The van der Waals surface area contributed by atoms with Crippen molar-refractivity contribution in [1.82, 2.24) is 5.48 Å². The molecule has 760 valence electrons. The highest BCUT2D eigenvalue weighted by Gasteiger charge is 2.19. The SMILES string of the molecule is BrCc1cccc(CBr)c1.CC(C)(C)OC(=O)CCc1cccc(CBr)c1.COC(=O)/C=C/c1ccccc1N.COC(=O)/C=C/c1ccccc1NCc1cccc(CCC(=O)O)c1.COC(=O)/C=C/c1ccccc1NCc1cccc(CCC(=O)OC(C)(C)C)c1.COC(=O)/C=C/c1ccccc1NCc1cccc(CCC(N)=O)c1.NC(=O)CCc1cccc(CNc2ccccc2/C=C/C(=O)NO)c1. The van der Waals surface area contributed by atoms with Crippen molar-refractivity contribution in [2.45, 2.75) is 159 Å². The number of carbonyl (C=O) groups excluding carboxylic acids is 9. The van der Waals surface area contributed by atoms with Gasteiger partial charge in [-0.05, 0) is 229 Å². The molecular formula is C115H131Br3N8O18. The molecule has 0 aliphatic heterocycles. The van der Waals surface area contributed by atoms with Crippen LogP contribution in [0.5, 0.6) is 0 Å². The van der Waals surface area contributed by atoms with Gasteiger partial charge in [0.05, 0.1) is 28.4 Å². The fourth-order valence-electron chi connectivity index (χ4n) is 13.1. The van der Waals surface area contributed by atoms with E-state index in [0.717, 1.165) is 117 Å². The van der Waals surface area contributed by atoms with E-state index in [1.807, 2.05) is 254 Å². The van der Waals surface area contributed by atoms with E-state index in [-0.39, 0.29) is 36.1 Å². The third-order valence-corrected chi connectivity index (χ3v) is 22.1. The number of nitrogens with one attached hydrogen (secondary N) is 5. The molecule has 13 N–H and O–H groups in total. The van der Waals surface area contributed by atoms with Crippen LogP contribution in [-0.2, 0) is 151 Å². The molecule has 0 aliphatic rings. The lowest BCUT2D eigenvalue weighted by Crippen LogP contribution is -2.24. The summed E-state index contributed by atoms with van der Waals surface area (Å²) in [7, 11) is 5.38. The van der Waals surface area contributed by atoms with Gasteiger partial charge < -0.3 is 72.0 Å². The van der Waals surface area contributed by atoms with Crippen molar-refractivity contribution in [2.24, 2.45) is 11.5 Å². The van der Waals surface area contributed by atoms with Crippen LogP contribution in [-0.4, -0.2) is 109 Å². The number of amides is 3. The first-order chi connectivity index (χ1) is 69.0. The molecule has 26 nitrogen and oxygen atoms in total. The van der Waals surface area contributed by atoms with E-state index >= 15 is 0 Å². The number of alkyl halides is 3. The van der Waals surface area contributed by atoms with E-state index in [1.165, 1.54) is 81.1 Å². The average molecular weight is 2150 g/mol. The van der Waals surface area contributed by atoms with Crippen molar-refractivity contribution < 1.29 is 86.7 Å². The van der Waals surface area contributed by atoms with Gasteiger partial charge in [0.1, 0.15) is 11.2 Å². The van der Waals surface area contributed by atoms with E-state index in [2.05, 4.69) is 137 Å². The number of nitrogen functional groups attached to an aromatic ring is 1. The molecule has 0 spiro atoms. The molecule has 11 aromatic rings. The number of hydroxylamine groups is 1. The van der Waals surface area contributed by atoms with Gasteiger partial charge in [-0.1, -0.05) is 284 Å². The number of primary amides is 2. The quantitative estimate of drug-likeness (QED) is 0.00324. The molecule has 3 amide bonds. The maximum Gasteiger partial charge on any atom is 0.330 e. The first-order valence-electron chi connectivity index (χ1n) is 46.2. The average Bonchev–Trinajstić information content (AvgIpc) is 0.868. The maximum absolute atomic E-state index is 11.9. The summed E-state index contributed by atoms with van der Waals surface area (Å²) in [5.41, 5.74) is 39.0. The Labute approximate surface area is 870 Å². The lowest BCUT2D eigenvalue weighted by Gasteiger charge is -2.19. The molecule has 0 radical (unpaired) electrons. The van der Waals surface area contributed by atoms with Crippen LogP contribution >= 0.6 is 47.8 Å². The standard InChI is InChI=1S/C24H29NO4.C20H22N2O3.C20H21NO4.C19H21N3O3.C14H19BrO2.C10H11NO2.C8H8Br2/c1-24(2,3)29-23(27)14-12-18-8-7-9-19(16-18)17-25-21-11-6-5-10-20(21)13-15-22(26)28-4;1-25-20(24)12-10-17-7-2-3-8-18(17)22-14-16-6-4-5-15(13-16)9-11-19(21)23;1-25-20(24)12-10-17-7-2-3-8-18(17)21-14-16-6-4-5-15(13-16)9-11-19(22)23;20-18(23)10-8-14-4-3-5-15(12-14)13-21-17-7-2-1-6-16(17)9-11-19(24)22-25;1-14(2,3)17-13(16)8-7-11-5-4-6-12(9-11)10-15;1-13-10(12)7-6-8-4-2-3-5-9(8)11;9-5-7-2-1-3-8(4-7)6-10/h5-11,13,15-16,25H,12,14,17H2,1-4H3;2-8,10,12-13,22H,9,11,14H2,1H3,(H2,21,23);2-8,10,12-13,21H,9,11,14H2,1H3,(H,22,23);1-7,9,11-12,21,25H,8,10,13H2,(H2,20,23)(H,22,24);4-6,9H,7-8,10H2,1-3H3;2-7H,11H2,1H3;1-4H,5-6H2/b15-13+;2*12-10+;11-9+;;7-6+;. The number of carboxylic acids is 1. The number of para-hydroxylation sites is 5. The summed E-state index contributed by atoms with van der Waals surface area (Å²) in [4.78, 5) is 112. The number of anilines is 5. The second kappa shape index (κ2) is 67.6. The van der Waals surface area contributed by atoms with E-state index in [9.17, 15) is 47.9 Å². The Balaban J connectivity index is 0.000000302. The van der Waals surface area contributed by atoms with Crippen LogP contribution in [0.4, 0.5) is 28.4 Å². The Morgan fingerprint density at radius 2 is 0.535 bits per heavy atom. The molecule has 0 bridgehead atoms. The zero-order valence-electron chi connectivity index (χ0n) is 83.0. The van der Waals surface area contributed by atoms with Crippen LogP contribution in [0.2, 0.25) is 0 Å².